The van der Waals surface area contributed by atoms with Crippen LogP contribution < -0.4 is 18.9 Å². The van der Waals surface area contributed by atoms with Gasteiger partial charge in [0.15, 0.2) is 23.0 Å². The molecule has 2 aliphatic rings. The van der Waals surface area contributed by atoms with Crippen LogP contribution in [0.25, 0.3) is 12.2 Å². The topological polar surface area (TPSA) is 112 Å². The smallest absolute Gasteiger partial charge is 0.328 e. The van der Waals surface area contributed by atoms with E-state index in [-0.39, 0.29) is 13.6 Å². The third-order valence-electron chi connectivity index (χ3n) is 3.63. The Morgan fingerprint density at radius 1 is 0.679 bits per heavy atom. The molecule has 0 fully saturated rings. The van der Waals surface area contributed by atoms with Crippen LogP contribution in [0.4, 0.5) is 0 Å². The lowest BCUT2D eigenvalue weighted by atomic mass is 10.2. The molecule has 0 saturated carbocycles. The predicted octanol–water partition coefficient (Wildman–Crippen LogP) is 3.03. The number of carboxylic acid groups (broad SMARTS) is 2. The van der Waals surface area contributed by atoms with Gasteiger partial charge >= 0.3 is 11.9 Å². The average Bonchev–Trinajstić information content (AvgIpc) is 3.33. The van der Waals surface area contributed by atoms with E-state index < -0.39 is 11.9 Å². The lowest BCUT2D eigenvalue weighted by Crippen LogP contribution is -1.92. The molecule has 0 bridgehead atoms. The molecule has 0 amide bonds. The molecule has 0 aromatic heterocycles. The molecule has 2 N–H and O–H groups in total. The lowest BCUT2D eigenvalue weighted by Gasteiger charge is -1.96. The van der Waals surface area contributed by atoms with Crippen LogP contribution in [0.15, 0.2) is 48.6 Å². The Hall–Kier alpha value is -3.94. The SMILES string of the molecule is O=C(O)C=Cc1ccc2c(c1)OCO2.O=C(O)C=Cc1ccc2c(c1)OCO2. The van der Waals surface area contributed by atoms with Crippen molar-refractivity contribution >= 4 is 24.1 Å². The van der Waals surface area contributed by atoms with Gasteiger partial charge in [-0.15, -0.1) is 0 Å². The summed E-state index contributed by atoms with van der Waals surface area (Å²) in [6, 6.07) is 10.5. The van der Waals surface area contributed by atoms with Crippen molar-refractivity contribution in [2.45, 2.75) is 0 Å². The Balaban J connectivity index is 0.000000161. The largest absolute Gasteiger partial charge is 0.478 e. The average molecular weight is 384 g/mol. The summed E-state index contributed by atoms with van der Waals surface area (Å²) >= 11 is 0. The molecule has 2 aromatic rings. The third-order valence-corrected chi connectivity index (χ3v) is 3.63. The minimum absolute atomic E-state index is 0.224. The molecule has 8 heteroatoms. The second-order valence-electron chi connectivity index (χ2n) is 5.57. The van der Waals surface area contributed by atoms with Gasteiger partial charge < -0.3 is 29.2 Å². The maximum atomic E-state index is 10.3. The molecule has 28 heavy (non-hydrogen) atoms. The first-order chi connectivity index (χ1) is 13.5. The summed E-state index contributed by atoms with van der Waals surface area (Å²) in [6.45, 7) is 0.447. The molecule has 8 nitrogen and oxygen atoms in total. The maximum absolute atomic E-state index is 10.3. The van der Waals surface area contributed by atoms with Gasteiger partial charge in [-0.2, -0.15) is 0 Å². The number of hydrogen-bond donors (Lipinski definition) is 2. The maximum Gasteiger partial charge on any atom is 0.328 e. The fraction of sp³-hybridized carbons (Fsp3) is 0.100. The van der Waals surface area contributed by atoms with E-state index in [1.807, 2.05) is 0 Å². The Kier molecular flexibility index (Phi) is 5.81. The number of carboxylic acids is 2. The van der Waals surface area contributed by atoms with E-state index in [4.69, 9.17) is 29.2 Å². The zero-order valence-electron chi connectivity index (χ0n) is 14.5. The quantitative estimate of drug-likeness (QED) is 0.774. The first kappa shape index (κ1) is 18.8. The molecule has 0 saturated heterocycles. The van der Waals surface area contributed by atoms with Gasteiger partial charge in [0, 0.05) is 12.2 Å². The number of aliphatic carboxylic acids is 2. The molecule has 144 valence electrons. The highest BCUT2D eigenvalue weighted by molar-refractivity contribution is 5.86. The molecule has 2 aromatic carbocycles. The number of hydrogen-bond acceptors (Lipinski definition) is 6. The second-order valence-corrected chi connectivity index (χ2v) is 5.57. The van der Waals surface area contributed by atoms with E-state index in [1.165, 1.54) is 12.2 Å². The summed E-state index contributed by atoms with van der Waals surface area (Å²) in [5.41, 5.74) is 1.55. The minimum atomic E-state index is -0.970. The van der Waals surface area contributed by atoms with Gasteiger partial charge in [-0.25, -0.2) is 9.59 Å². The Bertz CT molecular complexity index is 868. The van der Waals surface area contributed by atoms with Crippen LogP contribution >= 0.6 is 0 Å². The molecule has 2 aliphatic heterocycles. The summed E-state index contributed by atoms with van der Waals surface area (Å²) < 4.78 is 20.5. The van der Waals surface area contributed by atoms with Crippen molar-refractivity contribution in [2.75, 3.05) is 13.6 Å². The Morgan fingerprint density at radius 3 is 1.46 bits per heavy atom. The summed E-state index contributed by atoms with van der Waals surface area (Å²) in [5, 5.41) is 16.9. The fourth-order valence-electron chi connectivity index (χ4n) is 2.37. The highest BCUT2D eigenvalue weighted by Crippen LogP contribution is 2.33. The standard InChI is InChI=1S/2C10H8O4/c2*11-10(12)4-2-7-1-3-8-9(5-7)14-6-13-8/h2*1-5H,6H2,(H,11,12). The van der Waals surface area contributed by atoms with Crippen molar-refractivity contribution < 1.29 is 38.7 Å². The van der Waals surface area contributed by atoms with Crippen LogP contribution in [0.2, 0.25) is 0 Å². The van der Waals surface area contributed by atoms with E-state index in [2.05, 4.69) is 0 Å². The van der Waals surface area contributed by atoms with Crippen LogP contribution in [0.5, 0.6) is 23.0 Å². The van der Waals surface area contributed by atoms with E-state index in [9.17, 15) is 9.59 Å². The van der Waals surface area contributed by atoms with Gasteiger partial charge in [-0.1, -0.05) is 12.1 Å². The van der Waals surface area contributed by atoms with E-state index in [1.54, 1.807) is 36.4 Å². The molecule has 0 spiro atoms. The molecule has 0 radical (unpaired) electrons. The molecular formula is C20H16O8. The van der Waals surface area contributed by atoms with E-state index in [0.29, 0.717) is 23.0 Å². The molecule has 0 unspecified atom stereocenters. The zero-order chi connectivity index (χ0) is 19.9. The Morgan fingerprint density at radius 2 is 1.07 bits per heavy atom. The van der Waals surface area contributed by atoms with Crippen molar-refractivity contribution in [1.82, 2.24) is 0 Å². The van der Waals surface area contributed by atoms with Crippen molar-refractivity contribution in [2.24, 2.45) is 0 Å². The number of ether oxygens (including phenoxy) is 4. The van der Waals surface area contributed by atoms with Gasteiger partial charge in [0.05, 0.1) is 0 Å². The van der Waals surface area contributed by atoms with Gasteiger partial charge in [0.25, 0.3) is 0 Å². The van der Waals surface area contributed by atoms with Crippen molar-refractivity contribution in [3.8, 4) is 23.0 Å². The zero-order valence-corrected chi connectivity index (χ0v) is 14.5. The summed E-state index contributed by atoms with van der Waals surface area (Å²) in [6.07, 6.45) is 5.17. The van der Waals surface area contributed by atoms with Crippen molar-refractivity contribution in [1.29, 1.82) is 0 Å². The highest BCUT2D eigenvalue weighted by atomic mass is 16.7. The fourth-order valence-corrected chi connectivity index (χ4v) is 2.37. The molecular weight excluding hydrogens is 368 g/mol. The van der Waals surface area contributed by atoms with Crippen LogP contribution in [0.1, 0.15) is 11.1 Å². The van der Waals surface area contributed by atoms with Gasteiger partial charge in [0.1, 0.15) is 0 Å². The minimum Gasteiger partial charge on any atom is -0.478 e. The van der Waals surface area contributed by atoms with Crippen LogP contribution in [-0.4, -0.2) is 35.7 Å². The Labute approximate surface area is 159 Å². The normalized spacial score (nSPS) is 13.4. The third kappa shape index (κ3) is 5.04. The molecule has 4 rings (SSSR count). The first-order valence-electron chi connectivity index (χ1n) is 8.12. The summed E-state index contributed by atoms with van der Waals surface area (Å²) in [7, 11) is 0. The van der Waals surface area contributed by atoms with Gasteiger partial charge in [0.2, 0.25) is 13.6 Å². The second kappa shape index (κ2) is 8.63. The van der Waals surface area contributed by atoms with Crippen molar-refractivity contribution in [3.63, 3.8) is 0 Å². The summed E-state index contributed by atoms with van der Waals surface area (Å²) in [4.78, 5) is 20.5. The van der Waals surface area contributed by atoms with Gasteiger partial charge in [-0.05, 0) is 47.5 Å². The number of benzene rings is 2. The molecule has 0 aliphatic carbocycles. The molecule has 2 heterocycles. The number of rotatable bonds is 4. The van der Waals surface area contributed by atoms with Gasteiger partial charge in [-0.3, -0.25) is 0 Å². The predicted molar refractivity (Wildman–Crippen MR) is 98.5 cm³/mol. The number of fused-ring (bicyclic) bond motifs is 2. The highest BCUT2D eigenvalue weighted by Gasteiger charge is 2.13. The van der Waals surface area contributed by atoms with Crippen LogP contribution in [0, 0.1) is 0 Å². The van der Waals surface area contributed by atoms with E-state index in [0.717, 1.165) is 23.3 Å². The monoisotopic (exact) mass is 384 g/mol. The molecule has 0 atom stereocenters. The lowest BCUT2D eigenvalue weighted by molar-refractivity contribution is -0.132. The van der Waals surface area contributed by atoms with Crippen LogP contribution in [-0.2, 0) is 9.59 Å². The number of carbonyl (C=O) groups is 2. The van der Waals surface area contributed by atoms with Crippen molar-refractivity contribution in [3.05, 3.63) is 59.7 Å². The van der Waals surface area contributed by atoms with Crippen LogP contribution in [0.3, 0.4) is 0 Å². The van der Waals surface area contributed by atoms with E-state index >= 15 is 0 Å². The summed E-state index contributed by atoms with van der Waals surface area (Å²) in [5.74, 6) is 0.746. The first-order valence-corrected chi connectivity index (χ1v) is 8.12.